The third kappa shape index (κ3) is 13.4. The number of hydrogen-bond acceptors (Lipinski definition) is 11. The molecule has 0 fully saturated rings. The summed E-state index contributed by atoms with van der Waals surface area (Å²) >= 11 is 0. The van der Waals surface area contributed by atoms with Crippen LogP contribution in [0.3, 0.4) is 0 Å². The van der Waals surface area contributed by atoms with Crippen molar-refractivity contribution in [3.63, 3.8) is 0 Å². The van der Waals surface area contributed by atoms with Crippen LogP contribution in [0.5, 0.6) is 0 Å². The highest BCUT2D eigenvalue weighted by Gasteiger charge is 2.38. The predicted octanol–water partition coefficient (Wildman–Crippen LogP) is 2.11. The van der Waals surface area contributed by atoms with E-state index in [1.54, 1.807) is 0 Å². The van der Waals surface area contributed by atoms with Crippen molar-refractivity contribution in [2.24, 2.45) is 5.41 Å². The lowest BCUT2D eigenvalue weighted by molar-refractivity contribution is -0.168. The van der Waals surface area contributed by atoms with Crippen molar-refractivity contribution in [3.8, 4) is 6.07 Å². The molecule has 0 atom stereocenters. The molecule has 0 N–H and O–H groups in total. The Balaban J connectivity index is 5.50. The Morgan fingerprint density at radius 2 is 1.00 bits per heavy atom. The lowest BCUT2D eigenvalue weighted by Gasteiger charge is -2.31. The molecule has 0 saturated carbocycles. The second kappa shape index (κ2) is 15.8. The van der Waals surface area contributed by atoms with Crippen molar-refractivity contribution in [2.75, 3.05) is 33.0 Å². The van der Waals surface area contributed by atoms with E-state index in [4.69, 9.17) is 28.9 Å². The van der Waals surface area contributed by atoms with Crippen LogP contribution >= 0.6 is 0 Å². The van der Waals surface area contributed by atoms with Gasteiger partial charge in [0.05, 0.1) is 25.3 Å². The quantitative estimate of drug-likeness (QED) is 0.134. The van der Waals surface area contributed by atoms with Crippen LogP contribution in [0.2, 0.25) is 0 Å². The van der Waals surface area contributed by atoms with Gasteiger partial charge in [-0.15, -0.1) is 0 Å². The first kappa shape index (κ1) is 31.1. The van der Waals surface area contributed by atoms with Gasteiger partial charge in [-0.05, 0) is 20.8 Å². The van der Waals surface area contributed by atoms with Gasteiger partial charge in [0.2, 0.25) is 0 Å². The van der Waals surface area contributed by atoms with Crippen LogP contribution in [0.15, 0.2) is 36.5 Å². The Hall–Kier alpha value is -3.94. The Morgan fingerprint density at radius 1 is 0.657 bits per heavy atom. The summed E-state index contributed by atoms with van der Waals surface area (Å²) in [6.07, 6.45) is -0.616. The number of nitriles is 1. The Morgan fingerprint density at radius 3 is 1.34 bits per heavy atom. The van der Waals surface area contributed by atoms with Gasteiger partial charge in [0.25, 0.3) is 0 Å². The number of rotatable bonds is 16. The summed E-state index contributed by atoms with van der Waals surface area (Å²) in [5, 5.41) is 8.44. The molecule has 11 heteroatoms. The number of ether oxygens (including phenoxy) is 5. The molecule has 0 aromatic heterocycles. The second-order valence-electron chi connectivity index (χ2n) is 7.86. The van der Waals surface area contributed by atoms with E-state index < -0.39 is 61.7 Å². The summed E-state index contributed by atoms with van der Waals surface area (Å²) in [5.41, 5.74) is -1.22. The van der Waals surface area contributed by atoms with Gasteiger partial charge in [0.15, 0.2) is 0 Å². The predicted molar refractivity (Wildman–Crippen MR) is 121 cm³/mol. The minimum absolute atomic E-state index is 0.0212. The number of hydrogen-bond donors (Lipinski definition) is 0. The molecule has 0 aliphatic carbocycles. The van der Waals surface area contributed by atoms with Crippen LogP contribution in [0, 0.1) is 16.7 Å². The second-order valence-corrected chi connectivity index (χ2v) is 7.86. The van der Waals surface area contributed by atoms with E-state index in [2.05, 4.69) is 19.7 Å². The van der Waals surface area contributed by atoms with Gasteiger partial charge in [-0.25, -0.2) is 14.4 Å². The van der Waals surface area contributed by atoms with Crippen LogP contribution in [0.25, 0.3) is 0 Å². The van der Waals surface area contributed by atoms with Crippen molar-refractivity contribution >= 4 is 29.8 Å². The zero-order chi connectivity index (χ0) is 27.0. The molecule has 192 valence electrons. The van der Waals surface area contributed by atoms with E-state index in [1.165, 1.54) is 20.8 Å². The van der Waals surface area contributed by atoms with Crippen LogP contribution in [-0.4, -0.2) is 62.9 Å². The summed E-state index contributed by atoms with van der Waals surface area (Å²) in [6, 6.07) is 1.81. The first-order valence-electron chi connectivity index (χ1n) is 10.5. The fraction of sp³-hybridized carbons (Fsp3) is 0.500. The maximum Gasteiger partial charge on any atom is 0.333 e. The normalized spacial score (nSPS) is 10.2. The smallest absolute Gasteiger partial charge is 0.333 e. The van der Waals surface area contributed by atoms with E-state index in [0.717, 1.165) is 0 Å². The fourth-order valence-electron chi connectivity index (χ4n) is 2.07. The van der Waals surface area contributed by atoms with Gasteiger partial charge < -0.3 is 23.7 Å². The molecule has 0 unspecified atom stereocenters. The molecule has 0 aliphatic rings. The number of esters is 5. The topological polar surface area (TPSA) is 155 Å². The van der Waals surface area contributed by atoms with E-state index in [9.17, 15) is 24.0 Å². The van der Waals surface area contributed by atoms with E-state index in [-0.39, 0.29) is 42.6 Å². The molecule has 35 heavy (non-hydrogen) atoms. The average Bonchev–Trinajstić information content (AvgIpc) is 2.80. The third-order valence-electron chi connectivity index (χ3n) is 4.12. The molecule has 0 bridgehead atoms. The minimum Gasteiger partial charge on any atom is -0.465 e. The summed E-state index contributed by atoms with van der Waals surface area (Å²) in [6.45, 7) is 12.7. The van der Waals surface area contributed by atoms with Crippen molar-refractivity contribution in [2.45, 2.75) is 40.0 Å². The summed E-state index contributed by atoms with van der Waals surface area (Å²) in [4.78, 5) is 59.7. The summed E-state index contributed by atoms with van der Waals surface area (Å²) < 4.78 is 25.5. The van der Waals surface area contributed by atoms with Crippen molar-refractivity contribution in [3.05, 3.63) is 36.5 Å². The van der Waals surface area contributed by atoms with Crippen LogP contribution < -0.4 is 0 Å². The van der Waals surface area contributed by atoms with Crippen molar-refractivity contribution in [1.82, 2.24) is 0 Å². The zero-order valence-electron chi connectivity index (χ0n) is 20.3. The lowest BCUT2D eigenvalue weighted by Crippen LogP contribution is -2.44. The SMILES string of the molecule is C=C(C)C(=O)OCC(COC(=O)CCC(=O)OCCC#N)(COC(=O)C(=C)C)COC(=O)C(=C)C. The highest BCUT2D eigenvalue weighted by atomic mass is 16.6. The van der Waals surface area contributed by atoms with Gasteiger partial charge in [-0.3, -0.25) is 9.59 Å². The van der Waals surface area contributed by atoms with Crippen molar-refractivity contribution < 1.29 is 47.7 Å². The zero-order valence-corrected chi connectivity index (χ0v) is 20.3. The molecular formula is C24H31NO10. The standard InChI is InChI=1S/C24H31NO10/c1-16(2)21(28)33-13-24(14-34-22(29)17(3)4,15-35-23(30)18(5)6)12-32-20(27)9-8-19(26)31-11-7-10-25/h1,3,5,7-9,11-15H2,2,4,6H3. The van der Waals surface area contributed by atoms with Gasteiger partial charge in [-0.1, -0.05) is 19.7 Å². The van der Waals surface area contributed by atoms with E-state index in [0.29, 0.717) is 0 Å². The molecule has 11 nitrogen and oxygen atoms in total. The molecule has 0 radical (unpaired) electrons. The highest BCUT2D eigenvalue weighted by Crippen LogP contribution is 2.23. The number of carbonyl (C=O) groups is 5. The summed E-state index contributed by atoms with van der Waals surface area (Å²) in [5.74, 6) is -3.80. The van der Waals surface area contributed by atoms with Crippen LogP contribution in [0.1, 0.15) is 40.0 Å². The van der Waals surface area contributed by atoms with E-state index >= 15 is 0 Å². The summed E-state index contributed by atoms with van der Waals surface area (Å²) in [7, 11) is 0. The first-order chi connectivity index (χ1) is 16.3. The molecule has 0 heterocycles. The molecule has 0 aromatic carbocycles. The Bertz CT molecular complexity index is 822. The van der Waals surface area contributed by atoms with Crippen LogP contribution in [-0.2, 0) is 47.7 Å². The molecular weight excluding hydrogens is 462 g/mol. The van der Waals surface area contributed by atoms with Crippen LogP contribution in [0.4, 0.5) is 0 Å². The van der Waals surface area contributed by atoms with Gasteiger partial charge in [-0.2, -0.15) is 5.26 Å². The lowest BCUT2D eigenvalue weighted by atomic mass is 9.92. The van der Waals surface area contributed by atoms with Gasteiger partial charge >= 0.3 is 29.8 Å². The maximum absolute atomic E-state index is 12.2. The molecule has 0 amide bonds. The molecule has 0 aromatic rings. The Labute approximate surface area is 204 Å². The van der Waals surface area contributed by atoms with E-state index in [1.807, 2.05) is 6.07 Å². The van der Waals surface area contributed by atoms with Gasteiger partial charge in [0.1, 0.15) is 38.4 Å². The molecule has 0 rings (SSSR count). The average molecular weight is 494 g/mol. The molecule has 0 aliphatic heterocycles. The largest absolute Gasteiger partial charge is 0.465 e. The van der Waals surface area contributed by atoms with Gasteiger partial charge in [0, 0.05) is 16.7 Å². The molecule has 0 spiro atoms. The first-order valence-corrected chi connectivity index (χ1v) is 10.5. The van der Waals surface area contributed by atoms with Crippen molar-refractivity contribution in [1.29, 1.82) is 5.26 Å². The maximum atomic E-state index is 12.2. The monoisotopic (exact) mass is 493 g/mol. The molecule has 0 saturated heterocycles. The third-order valence-corrected chi connectivity index (χ3v) is 4.12. The Kier molecular flexibility index (Phi) is 14.0. The number of nitrogens with zero attached hydrogens (tertiary/aromatic N) is 1. The fourth-order valence-corrected chi connectivity index (χ4v) is 2.07. The highest BCUT2D eigenvalue weighted by molar-refractivity contribution is 5.88. The minimum atomic E-state index is -1.48. The number of carbonyl (C=O) groups excluding carboxylic acids is 5.